The van der Waals surface area contributed by atoms with Gasteiger partial charge in [-0.2, -0.15) is 4.98 Å². The van der Waals surface area contributed by atoms with Crippen molar-refractivity contribution in [3.63, 3.8) is 0 Å². The van der Waals surface area contributed by atoms with Gasteiger partial charge >= 0.3 is 0 Å². The topological polar surface area (TPSA) is 71.7 Å². The number of amides is 1. The lowest BCUT2D eigenvalue weighted by molar-refractivity contribution is -0.142. The monoisotopic (exact) mass is 376 g/mol. The van der Waals surface area contributed by atoms with E-state index in [2.05, 4.69) is 15.0 Å². The average molecular weight is 376 g/mol. The van der Waals surface area contributed by atoms with E-state index in [1.807, 2.05) is 22.4 Å². The molecule has 2 saturated heterocycles. The highest BCUT2D eigenvalue weighted by Gasteiger charge is 2.30. The van der Waals surface area contributed by atoms with Crippen LogP contribution in [-0.2, 0) is 16.0 Å². The van der Waals surface area contributed by atoms with Crippen molar-refractivity contribution in [2.75, 3.05) is 39.3 Å². The Kier molecular flexibility index (Phi) is 5.62. The average Bonchev–Trinajstić information content (AvgIpc) is 3.43. The van der Waals surface area contributed by atoms with E-state index in [-0.39, 0.29) is 12.0 Å². The first-order valence-corrected chi connectivity index (χ1v) is 10.2. The Morgan fingerprint density at radius 3 is 2.92 bits per heavy atom. The van der Waals surface area contributed by atoms with Crippen LogP contribution in [0, 0.1) is 0 Å². The molecule has 4 heterocycles. The Balaban J connectivity index is 1.18. The molecule has 0 radical (unpaired) electrons. The molecular formula is C18H24N4O3S. The molecule has 2 aromatic heterocycles. The predicted molar refractivity (Wildman–Crippen MR) is 97.9 cm³/mol. The van der Waals surface area contributed by atoms with Gasteiger partial charge in [0.15, 0.2) is 0 Å². The van der Waals surface area contributed by atoms with Crippen molar-refractivity contribution in [1.82, 2.24) is 19.9 Å². The Morgan fingerprint density at radius 1 is 1.31 bits per heavy atom. The summed E-state index contributed by atoms with van der Waals surface area (Å²) in [6.07, 6.45) is 3.44. The van der Waals surface area contributed by atoms with Crippen LogP contribution < -0.4 is 0 Å². The molecule has 2 aliphatic rings. The van der Waals surface area contributed by atoms with Crippen LogP contribution in [0.1, 0.15) is 25.2 Å². The summed E-state index contributed by atoms with van der Waals surface area (Å²) in [6.45, 7) is 5.13. The molecule has 4 rings (SSSR count). The molecule has 0 saturated carbocycles. The Bertz CT molecular complexity index is 704. The van der Waals surface area contributed by atoms with Crippen molar-refractivity contribution in [2.45, 2.75) is 31.8 Å². The molecule has 0 aliphatic carbocycles. The van der Waals surface area contributed by atoms with Crippen LogP contribution in [-0.4, -0.2) is 71.3 Å². The molecule has 0 spiro atoms. The number of nitrogens with zero attached hydrogens (tertiary/aromatic N) is 4. The fraction of sp³-hybridized carbons (Fsp3) is 0.611. The normalized spacial score (nSPS) is 21.4. The Morgan fingerprint density at radius 2 is 2.19 bits per heavy atom. The minimum atomic E-state index is -0.198. The first kappa shape index (κ1) is 17.6. The predicted octanol–water partition coefficient (Wildman–Crippen LogP) is 2.05. The molecule has 2 fully saturated rings. The quantitative estimate of drug-likeness (QED) is 0.768. The summed E-state index contributed by atoms with van der Waals surface area (Å²) in [4.78, 5) is 22.2. The molecule has 140 valence electrons. The van der Waals surface area contributed by atoms with Gasteiger partial charge in [-0.25, -0.2) is 0 Å². The largest absolute Gasteiger partial charge is 0.368 e. The maximum absolute atomic E-state index is 12.4. The third kappa shape index (κ3) is 4.13. The van der Waals surface area contributed by atoms with Crippen LogP contribution in [0.3, 0.4) is 0 Å². The van der Waals surface area contributed by atoms with E-state index in [0.717, 1.165) is 69.9 Å². The van der Waals surface area contributed by atoms with E-state index >= 15 is 0 Å². The highest BCUT2D eigenvalue weighted by molar-refractivity contribution is 7.13. The molecule has 7 nitrogen and oxygen atoms in total. The van der Waals surface area contributed by atoms with Crippen LogP contribution in [0.2, 0.25) is 0 Å². The zero-order valence-corrected chi connectivity index (χ0v) is 15.6. The van der Waals surface area contributed by atoms with Crippen molar-refractivity contribution in [1.29, 1.82) is 0 Å². The van der Waals surface area contributed by atoms with Crippen molar-refractivity contribution >= 4 is 17.2 Å². The number of aromatic nitrogens is 2. The smallest absolute Gasteiger partial charge is 0.251 e. The van der Waals surface area contributed by atoms with Crippen LogP contribution in [0.25, 0.3) is 10.7 Å². The third-order valence-electron chi connectivity index (χ3n) is 4.96. The number of rotatable bonds is 6. The second kappa shape index (κ2) is 8.28. The van der Waals surface area contributed by atoms with Gasteiger partial charge in [-0.15, -0.1) is 11.3 Å². The lowest BCUT2D eigenvalue weighted by Gasteiger charge is -2.35. The zero-order valence-electron chi connectivity index (χ0n) is 14.8. The van der Waals surface area contributed by atoms with Crippen molar-refractivity contribution in [3.8, 4) is 10.7 Å². The second-order valence-electron chi connectivity index (χ2n) is 6.76. The number of piperazine rings is 1. The van der Waals surface area contributed by atoms with Gasteiger partial charge in [-0.1, -0.05) is 11.2 Å². The number of ether oxygens (including phenoxy) is 1. The number of carbonyl (C=O) groups is 1. The first-order chi connectivity index (χ1) is 12.8. The molecule has 0 N–H and O–H groups in total. The number of aryl methyl sites for hydroxylation is 1. The fourth-order valence-electron chi connectivity index (χ4n) is 3.48. The van der Waals surface area contributed by atoms with Gasteiger partial charge in [0.25, 0.3) is 5.91 Å². The summed E-state index contributed by atoms with van der Waals surface area (Å²) in [6, 6.07) is 3.98. The molecule has 0 bridgehead atoms. The minimum Gasteiger partial charge on any atom is -0.368 e. The molecule has 1 atom stereocenters. The molecule has 1 amide bonds. The summed E-state index contributed by atoms with van der Waals surface area (Å²) in [5.74, 6) is 1.55. The summed E-state index contributed by atoms with van der Waals surface area (Å²) < 4.78 is 10.9. The summed E-state index contributed by atoms with van der Waals surface area (Å²) >= 11 is 1.61. The summed E-state index contributed by atoms with van der Waals surface area (Å²) in [5, 5.41) is 6.05. The van der Waals surface area contributed by atoms with E-state index in [1.54, 1.807) is 11.3 Å². The minimum absolute atomic E-state index is 0.175. The SMILES string of the molecule is O=C(C1CCCO1)N1CCN(CCCc2nc(-c3cccs3)no2)CC1. The number of hydrogen-bond acceptors (Lipinski definition) is 7. The van der Waals surface area contributed by atoms with Crippen LogP contribution in [0.5, 0.6) is 0 Å². The number of thiophene rings is 1. The standard InChI is InChI=1S/C18H24N4O3S/c23-18(14-4-2-12-24-14)22-10-8-21(9-11-22)7-1-6-16-19-17(20-25-16)15-5-3-13-26-15/h3,5,13-14H,1-2,4,6-12H2. The van der Waals surface area contributed by atoms with E-state index in [1.165, 1.54) is 0 Å². The second-order valence-corrected chi connectivity index (χ2v) is 7.71. The maximum atomic E-state index is 12.4. The number of hydrogen-bond donors (Lipinski definition) is 0. The lowest BCUT2D eigenvalue weighted by Crippen LogP contribution is -2.51. The Labute approximate surface area is 156 Å². The van der Waals surface area contributed by atoms with Crippen LogP contribution in [0.4, 0.5) is 0 Å². The van der Waals surface area contributed by atoms with Gasteiger partial charge in [0, 0.05) is 39.2 Å². The van der Waals surface area contributed by atoms with E-state index in [9.17, 15) is 4.79 Å². The molecule has 26 heavy (non-hydrogen) atoms. The van der Waals surface area contributed by atoms with Gasteiger partial charge < -0.3 is 14.2 Å². The Hall–Kier alpha value is -1.77. The maximum Gasteiger partial charge on any atom is 0.251 e. The van der Waals surface area contributed by atoms with Gasteiger partial charge in [0.05, 0.1) is 4.88 Å². The first-order valence-electron chi connectivity index (χ1n) is 9.29. The molecule has 2 aromatic rings. The van der Waals surface area contributed by atoms with E-state index < -0.39 is 0 Å². The van der Waals surface area contributed by atoms with E-state index in [4.69, 9.17) is 9.26 Å². The zero-order chi connectivity index (χ0) is 17.8. The lowest BCUT2D eigenvalue weighted by atomic mass is 10.2. The van der Waals surface area contributed by atoms with Crippen molar-refractivity contribution in [2.24, 2.45) is 0 Å². The van der Waals surface area contributed by atoms with E-state index in [0.29, 0.717) is 11.7 Å². The van der Waals surface area contributed by atoms with Crippen LogP contribution >= 0.6 is 11.3 Å². The summed E-state index contributed by atoms with van der Waals surface area (Å²) in [7, 11) is 0. The molecular weight excluding hydrogens is 352 g/mol. The number of carbonyl (C=O) groups excluding carboxylic acids is 1. The molecule has 1 unspecified atom stereocenters. The van der Waals surface area contributed by atoms with Gasteiger partial charge in [-0.3, -0.25) is 9.69 Å². The molecule has 2 aliphatic heterocycles. The van der Waals surface area contributed by atoms with Gasteiger partial charge in [0.1, 0.15) is 6.10 Å². The molecule has 8 heteroatoms. The van der Waals surface area contributed by atoms with Gasteiger partial charge in [-0.05, 0) is 37.3 Å². The van der Waals surface area contributed by atoms with Crippen molar-refractivity contribution < 1.29 is 14.1 Å². The van der Waals surface area contributed by atoms with Crippen LogP contribution in [0.15, 0.2) is 22.0 Å². The van der Waals surface area contributed by atoms with Gasteiger partial charge in [0.2, 0.25) is 11.7 Å². The highest BCUT2D eigenvalue weighted by Crippen LogP contribution is 2.21. The fourth-order valence-corrected chi connectivity index (χ4v) is 4.13. The highest BCUT2D eigenvalue weighted by atomic mass is 32.1. The summed E-state index contributed by atoms with van der Waals surface area (Å²) in [5.41, 5.74) is 0. The molecule has 0 aromatic carbocycles. The van der Waals surface area contributed by atoms with Crippen molar-refractivity contribution in [3.05, 3.63) is 23.4 Å². The third-order valence-corrected chi connectivity index (χ3v) is 5.83.